The molecule has 0 unspecified atom stereocenters. The van der Waals surface area contributed by atoms with E-state index in [2.05, 4.69) is 11.9 Å². The van der Waals surface area contributed by atoms with Gasteiger partial charge in [0.1, 0.15) is 16.5 Å². The molecule has 8 heteroatoms. The predicted octanol–water partition coefficient (Wildman–Crippen LogP) is 5.24. The standard InChI is InChI=1S/C21H19ClF2N2O2S/c1-13-4-6-26(7-5-13)21-18-3-2-14(22)8-19(18)25-12-20(21)29(27,28)17-10-15(23)9-16(24)11-17/h2-3,8-13H,4-7H2,1H3. The van der Waals surface area contributed by atoms with E-state index in [0.717, 1.165) is 25.0 Å². The highest BCUT2D eigenvalue weighted by Crippen LogP contribution is 2.38. The van der Waals surface area contributed by atoms with Gasteiger partial charge in [-0.3, -0.25) is 4.98 Å². The summed E-state index contributed by atoms with van der Waals surface area (Å²) in [7, 11) is -4.20. The van der Waals surface area contributed by atoms with Crippen molar-refractivity contribution in [3.05, 3.63) is 59.3 Å². The van der Waals surface area contributed by atoms with E-state index in [0.29, 0.717) is 46.7 Å². The number of halogens is 3. The van der Waals surface area contributed by atoms with E-state index in [1.807, 2.05) is 4.90 Å². The summed E-state index contributed by atoms with van der Waals surface area (Å²) in [5.74, 6) is -1.35. The lowest BCUT2D eigenvalue weighted by atomic mass is 9.98. The molecule has 0 aliphatic carbocycles. The minimum atomic E-state index is -4.20. The fourth-order valence-corrected chi connectivity index (χ4v) is 5.34. The predicted molar refractivity (Wildman–Crippen MR) is 109 cm³/mol. The molecular formula is C21H19ClF2N2O2S. The largest absolute Gasteiger partial charge is 0.370 e. The number of sulfone groups is 1. The third kappa shape index (κ3) is 3.81. The van der Waals surface area contributed by atoms with E-state index in [1.165, 1.54) is 6.20 Å². The number of hydrogen-bond donors (Lipinski definition) is 0. The quantitative estimate of drug-likeness (QED) is 0.563. The highest BCUT2D eigenvalue weighted by molar-refractivity contribution is 7.91. The van der Waals surface area contributed by atoms with Gasteiger partial charge < -0.3 is 4.90 Å². The van der Waals surface area contributed by atoms with Crippen molar-refractivity contribution >= 4 is 38.0 Å². The van der Waals surface area contributed by atoms with Crippen LogP contribution in [-0.4, -0.2) is 26.5 Å². The molecule has 4 nitrogen and oxygen atoms in total. The molecule has 0 spiro atoms. The molecule has 152 valence electrons. The van der Waals surface area contributed by atoms with Crippen molar-refractivity contribution in [2.75, 3.05) is 18.0 Å². The lowest BCUT2D eigenvalue weighted by molar-refractivity contribution is 0.437. The smallest absolute Gasteiger partial charge is 0.210 e. The lowest BCUT2D eigenvalue weighted by Gasteiger charge is -2.34. The lowest BCUT2D eigenvalue weighted by Crippen LogP contribution is -2.34. The zero-order valence-corrected chi connectivity index (χ0v) is 17.3. The van der Waals surface area contributed by atoms with Crippen molar-refractivity contribution in [2.45, 2.75) is 29.6 Å². The van der Waals surface area contributed by atoms with Gasteiger partial charge >= 0.3 is 0 Å². The Bertz CT molecular complexity index is 1170. The highest BCUT2D eigenvalue weighted by atomic mass is 35.5. The number of rotatable bonds is 3. The number of anilines is 1. The van der Waals surface area contributed by atoms with Gasteiger partial charge in [-0.1, -0.05) is 18.5 Å². The van der Waals surface area contributed by atoms with Gasteiger partial charge in [0, 0.05) is 35.8 Å². The first-order chi connectivity index (χ1) is 13.8. The number of piperidine rings is 1. The van der Waals surface area contributed by atoms with Crippen LogP contribution < -0.4 is 4.90 Å². The van der Waals surface area contributed by atoms with Crippen molar-refractivity contribution in [1.82, 2.24) is 4.98 Å². The van der Waals surface area contributed by atoms with Crippen molar-refractivity contribution in [2.24, 2.45) is 5.92 Å². The zero-order chi connectivity index (χ0) is 20.8. The van der Waals surface area contributed by atoms with Crippen LogP contribution >= 0.6 is 11.6 Å². The minimum Gasteiger partial charge on any atom is -0.370 e. The summed E-state index contributed by atoms with van der Waals surface area (Å²) >= 11 is 6.08. The first-order valence-electron chi connectivity index (χ1n) is 9.30. The van der Waals surface area contributed by atoms with Gasteiger partial charge in [0.05, 0.1) is 16.1 Å². The highest BCUT2D eigenvalue weighted by Gasteiger charge is 2.29. The van der Waals surface area contributed by atoms with E-state index in [1.54, 1.807) is 18.2 Å². The average Bonchev–Trinajstić information content (AvgIpc) is 2.67. The number of fused-ring (bicyclic) bond motifs is 1. The summed E-state index contributed by atoms with van der Waals surface area (Å²) in [6.45, 7) is 3.53. The SMILES string of the molecule is CC1CCN(c2c(S(=O)(=O)c3cc(F)cc(F)c3)cnc3cc(Cl)ccc23)CC1. The maximum Gasteiger partial charge on any atom is 0.210 e. The first kappa shape index (κ1) is 20.0. The Morgan fingerprint density at radius 2 is 1.72 bits per heavy atom. The number of pyridine rings is 1. The summed E-state index contributed by atoms with van der Waals surface area (Å²) in [4.78, 5) is 5.79. The van der Waals surface area contributed by atoms with E-state index >= 15 is 0 Å². The molecule has 4 rings (SSSR count). The maximum absolute atomic E-state index is 13.7. The Balaban J connectivity index is 1.96. The van der Waals surface area contributed by atoms with Crippen molar-refractivity contribution in [3.8, 4) is 0 Å². The van der Waals surface area contributed by atoms with Gasteiger partial charge in [-0.2, -0.15) is 0 Å². The molecule has 0 amide bonds. The molecular weight excluding hydrogens is 418 g/mol. The van der Waals surface area contributed by atoms with Crippen LogP contribution in [0.2, 0.25) is 5.02 Å². The van der Waals surface area contributed by atoms with E-state index in [4.69, 9.17) is 11.6 Å². The fraction of sp³-hybridized carbons (Fsp3) is 0.286. The third-order valence-corrected chi connectivity index (χ3v) is 7.27. The Kier molecular flexibility index (Phi) is 5.21. The van der Waals surface area contributed by atoms with Crippen LogP contribution in [0.3, 0.4) is 0 Å². The normalized spacial score (nSPS) is 15.8. The Labute approximate surface area is 173 Å². The van der Waals surface area contributed by atoms with Gasteiger partial charge in [-0.25, -0.2) is 17.2 Å². The monoisotopic (exact) mass is 436 g/mol. The van der Waals surface area contributed by atoms with Crippen LogP contribution in [0.25, 0.3) is 10.9 Å². The molecule has 0 N–H and O–H groups in total. The zero-order valence-electron chi connectivity index (χ0n) is 15.7. The summed E-state index contributed by atoms with van der Waals surface area (Å²) in [5.41, 5.74) is 1.07. The molecule has 1 aliphatic rings. The number of benzene rings is 2. The van der Waals surface area contributed by atoms with Crippen LogP contribution in [0.4, 0.5) is 14.5 Å². The van der Waals surface area contributed by atoms with E-state index in [9.17, 15) is 17.2 Å². The summed E-state index contributed by atoms with van der Waals surface area (Å²) in [6.07, 6.45) is 3.10. The van der Waals surface area contributed by atoms with Crippen molar-refractivity contribution < 1.29 is 17.2 Å². The minimum absolute atomic E-state index is 0.0631. The van der Waals surface area contributed by atoms with Gasteiger partial charge in [0.25, 0.3) is 0 Å². The summed E-state index contributed by atoms with van der Waals surface area (Å²) in [5, 5.41) is 1.13. The molecule has 0 bridgehead atoms. The van der Waals surface area contributed by atoms with Crippen LogP contribution in [0, 0.1) is 17.6 Å². The molecule has 1 aromatic heterocycles. The van der Waals surface area contributed by atoms with E-state index < -0.39 is 26.4 Å². The first-order valence-corrected chi connectivity index (χ1v) is 11.2. The molecule has 0 saturated carbocycles. The van der Waals surface area contributed by atoms with Crippen molar-refractivity contribution in [1.29, 1.82) is 0 Å². The summed E-state index contributed by atoms with van der Waals surface area (Å²) < 4.78 is 54.2. The second kappa shape index (κ2) is 7.54. The topological polar surface area (TPSA) is 50.3 Å². The van der Waals surface area contributed by atoms with Crippen molar-refractivity contribution in [3.63, 3.8) is 0 Å². The third-order valence-electron chi connectivity index (χ3n) is 5.30. The second-order valence-corrected chi connectivity index (χ2v) is 9.77. The average molecular weight is 437 g/mol. The molecule has 2 heterocycles. The molecule has 1 aliphatic heterocycles. The van der Waals surface area contributed by atoms with Gasteiger partial charge in [-0.05, 0) is 49.1 Å². The number of nitrogens with zero attached hydrogens (tertiary/aromatic N) is 2. The second-order valence-electron chi connectivity index (χ2n) is 7.41. The molecule has 1 saturated heterocycles. The van der Waals surface area contributed by atoms with Crippen LogP contribution in [0.1, 0.15) is 19.8 Å². The number of aromatic nitrogens is 1. The van der Waals surface area contributed by atoms with Gasteiger partial charge in [0.15, 0.2) is 0 Å². The number of hydrogen-bond acceptors (Lipinski definition) is 4. The Morgan fingerprint density at radius 1 is 1.07 bits per heavy atom. The molecule has 2 aromatic carbocycles. The van der Waals surface area contributed by atoms with Gasteiger partial charge in [-0.15, -0.1) is 0 Å². The molecule has 0 atom stereocenters. The van der Waals surface area contributed by atoms with Gasteiger partial charge in [0.2, 0.25) is 9.84 Å². The van der Waals surface area contributed by atoms with Crippen LogP contribution in [-0.2, 0) is 9.84 Å². The maximum atomic E-state index is 13.7. The Hall–Kier alpha value is -2.25. The van der Waals surface area contributed by atoms with Crippen LogP contribution in [0.15, 0.2) is 52.4 Å². The molecule has 0 radical (unpaired) electrons. The Morgan fingerprint density at radius 3 is 2.38 bits per heavy atom. The molecule has 3 aromatic rings. The fourth-order valence-electron chi connectivity index (χ4n) is 3.70. The molecule has 1 fully saturated rings. The summed E-state index contributed by atoms with van der Waals surface area (Å²) in [6, 6.07) is 7.39. The van der Waals surface area contributed by atoms with E-state index in [-0.39, 0.29) is 4.90 Å². The van der Waals surface area contributed by atoms with Crippen LogP contribution in [0.5, 0.6) is 0 Å². The molecule has 29 heavy (non-hydrogen) atoms.